The van der Waals surface area contributed by atoms with Gasteiger partial charge in [0.05, 0.1) is 7.11 Å². The first-order valence-corrected chi connectivity index (χ1v) is 9.22. The summed E-state index contributed by atoms with van der Waals surface area (Å²) < 4.78 is 15.0. The number of esters is 2. The summed E-state index contributed by atoms with van der Waals surface area (Å²) in [6, 6.07) is 13.3. The molecule has 2 aromatic rings. The highest BCUT2D eigenvalue weighted by Gasteiger charge is 2.22. The van der Waals surface area contributed by atoms with Gasteiger partial charge in [0, 0.05) is 11.4 Å². The fourth-order valence-electron chi connectivity index (χ4n) is 2.52. The van der Waals surface area contributed by atoms with E-state index in [0.29, 0.717) is 10.8 Å². The van der Waals surface area contributed by atoms with Gasteiger partial charge in [0.2, 0.25) is 0 Å². The van der Waals surface area contributed by atoms with E-state index in [1.807, 2.05) is 30.3 Å². The van der Waals surface area contributed by atoms with Gasteiger partial charge in [-0.25, -0.2) is 9.59 Å². The number of aryl methyl sites for hydroxylation is 1. The molecule has 0 saturated carbocycles. The van der Waals surface area contributed by atoms with Crippen molar-refractivity contribution in [2.45, 2.75) is 19.4 Å². The highest BCUT2D eigenvalue weighted by atomic mass is 35.5. The van der Waals surface area contributed by atoms with Gasteiger partial charge in [0.1, 0.15) is 11.8 Å². The number of nitrogens with one attached hydrogen (secondary N) is 1. The molecule has 0 aliphatic rings. The Morgan fingerprint density at radius 2 is 1.79 bits per heavy atom. The van der Waals surface area contributed by atoms with E-state index in [4.69, 9.17) is 25.8 Å². The highest BCUT2D eigenvalue weighted by molar-refractivity contribution is 6.30. The third kappa shape index (κ3) is 7.46. The Kier molecular flexibility index (Phi) is 8.48. The number of methoxy groups -OCH3 is 1. The second-order valence-corrected chi connectivity index (χ2v) is 6.63. The molecule has 0 saturated heterocycles. The molecule has 1 amide bonds. The summed E-state index contributed by atoms with van der Waals surface area (Å²) in [6.07, 6.45) is 0.256. The SMILES string of the molecule is COC(=O)[C@@H](Cc1ccccc1)NC(=O)COC(=O)COc1ccc(Cl)cc1C. The highest BCUT2D eigenvalue weighted by Crippen LogP contribution is 2.21. The van der Waals surface area contributed by atoms with Gasteiger partial charge in [0.25, 0.3) is 5.91 Å². The lowest BCUT2D eigenvalue weighted by molar-refractivity contribution is -0.151. The average Bonchev–Trinajstić information content (AvgIpc) is 2.71. The van der Waals surface area contributed by atoms with Gasteiger partial charge in [-0.2, -0.15) is 0 Å². The lowest BCUT2D eigenvalue weighted by Gasteiger charge is -2.16. The largest absolute Gasteiger partial charge is 0.482 e. The molecule has 0 aliphatic carbocycles. The molecule has 1 atom stereocenters. The van der Waals surface area contributed by atoms with Crippen LogP contribution in [0.25, 0.3) is 0 Å². The summed E-state index contributed by atoms with van der Waals surface area (Å²) >= 11 is 5.86. The molecular weight excluding hydrogens is 398 g/mol. The van der Waals surface area contributed by atoms with Crippen LogP contribution in [-0.2, 0) is 30.3 Å². The van der Waals surface area contributed by atoms with Crippen LogP contribution in [0.5, 0.6) is 5.75 Å². The average molecular weight is 420 g/mol. The second-order valence-electron chi connectivity index (χ2n) is 6.19. The molecule has 0 unspecified atom stereocenters. The zero-order chi connectivity index (χ0) is 21.2. The van der Waals surface area contributed by atoms with E-state index in [2.05, 4.69) is 5.32 Å². The first-order chi connectivity index (χ1) is 13.9. The minimum absolute atomic E-state index is 0.256. The van der Waals surface area contributed by atoms with Gasteiger partial charge < -0.3 is 19.5 Å². The fraction of sp³-hybridized carbons (Fsp3) is 0.286. The van der Waals surface area contributed by atoms with Gasteiger partial charge in [0.15, 0.2) is 13.2 Å². The minimum Gasteiger partial charge on any atom is -0.482 e. The van der Waals surface area contributed by atoms with Crippen molar-refractivity contribution in [2.75, 3.05) is 20.3 Å². The maximum atomic E-state index is 12.1. The van der Waals surface area contributed by atoms with Crippen LogP contribution >= 0.6 is 11.6 Å². The maximum Gasteiger partial charge on any atom is 0.344 e. The van der Waals surface area contributed by atoms with Crippen molar-refractivity contribution in [3.05, 3.63) is 64.7 Å². The number of hydrogen-bond donors (Lipinski definition) is 1. The van der Waals surface area contributed by atoms with E-state index in [-0.39, 0.29) is 13.0 Å². The van der Waals surface area contributed by atoms with Crippen LogP contribution in [0.2, 0.25) is 5.02 Å². The molecule has 2 rings (SSSR count). The van der Waals surface area contributed by atoms with Gasteiger partial charge in [-0.15, -0.1) is 0 Å². The van der Waals surface area contributed by atoms with E-state index >= 15 is 0 Å². The molecular formula is C21H22ClNO6. The van der Waals surface area contributed by atoms with Crippen molar-refractivity contribution < 1.29 is 28.6 Å². The van der Waals surface area contributed by atoms with Crippen LogP contribution in [-0.4, -0.2) is 44.2 Å². The third-order valence-corrected chi connectivity index (χ3v) is 4.19. The molecule has 0 aliphatic heterocycles. The third-order valence-electron chi connectivity index (χ3n) is 3.95. The smallest absolute Gasteiger partial charge is 0.344 e. The Hall–Kier alpha value is -3.06. The molecule has 154 valence electrons. The Balaban J connectivity index is 1.81. The van der Waals surface area contributed by atoms with E-state index < -0.39 is 30.5 Å². The Morgan fingerprint density at radius 1 is 1.07 bits per heavy atom. The number of carbonyl (C=O) groups excluding carboxylic acids is 3. The topological polar surface area (TPSA) is 90.9 Å². The summed E-state index contributed by atoms with van der Waals surface area (Å²) in [5.74, 6) is -1.43. The number of ether oxygens (including phenoxy) is 3. The molecule has 1 N–H and O–H groups in total. The van der Waals surface area contributed by atoms with Crippen LogP contribution in [0.15, 0.2) is 48.5 Å². The number of rotatable bonds is 9. The quantitative estimate of drug-likeness (QED) is 0.628. The number of hydrogen-bond acceptors (Lipinski definition) is 6. The molecule has 0 radical (unpaired) electrons. The summed E-state index contributed by atoms with van der Waals surface area (Å²) in [7, 11) is 1.24. The molecule has 0 bridgehead atoms. The van der Waals surface area contributed by atoms with Crippen molar-refractivity contribution in [3.63, 3.8) is 0 Å². The Bertz CT molecular complexity index is 856. The number of carbonyl (C=O) groups is 3. The normalized spacial score (nSPS) is 11.3. The van der Waals surface area contributed by atoms with Crippen molar-refractivity contribution in [3.8, 4) is 5.75 Å². The molecule has 29 heavy (non-hydrogen) atoms. The van der Waals surface area contributed by atoms with E-state index in [9.17, 15) is 14.4 Å². The first-order valence-electron chi connectivity index (χ1n) is 8.84. The van der Waals surface area contributed by atoms with Crippen LogP contribution in [0.3, 0.4) is 0 Å². The van der Waals surface area contributed by atoms with Crippen LogP contribution in [0, 0.1) is 6.92 Å². The van der Waals surface area contributed by atoms with Crippen molar-refractivity contribution in [2.24, 2.45) is 0 Å². The van der Waals surface area contributed by atoms with E-state index in [1.54, 1.807) is 25.1 Å². The fourth-order valence-corrected chi connectivity index (χ4v) is 2.75. The molecule has 2 aromatic carbocycles. The predicted octanol–water partition coefficient (Wildman–Crippen LogP) is 2.47. The van der Waals surface area contributed by atoms with E-state index in [0.717, 1.165) is 11.1 Å². The molecule has 0 heterocycles. The molecule has 0 aromatic heterocycles. The van der Waals surface area contributed by atoms with Crippen LogP contribution in [0.4, 0.5) is 0 Å². The molecule has 0 fully saturated rings. The maximum absolute atomic E-state index is 12.1. The lowest BCUT2D eigenvalue weighted by atomic mass is 10.1. The summed E-state index contributed by atoms with van der Waals surface area (Å²) in [6.45, 7) is 0.893. The Labute approximate surface area is 173 Å². The van der Waals surface area contributed by atoms with Crippen molar-refractivity contribution in [1.82, 2.24) is 5.32 Å². The summed E-state index contributed by atoms with van der Waals surface area (Å²) in [4.78, 5) is 35.8. The van der Waals surface area contributed by atoms with Gasteiger partial charge in [-0.3, -0.25) is 4.79 Å². The number of benzene rings is 2. The zero-order valence-electron chi connectivity index (χ0n) is 16.1. The second kappa shape index (κ2) is 11.1. The molecule has 0 spiro atoms. The van der Waals surface area contributed by atoms with Gasteiger partial charge in [-0.1, -0.05) is 41.9 Å². The molecule has 8 heteroatoms. The number of halogens is 1. The first kappa shape index (κ1) is 22.2. The monoisotopic (exact) mass is 419 g/mol. The van der Waals surface area contributed by atoms with Gasteiger partial charge in [-0.05, 0) is 36.2 Å². The summed E-state index contributed by atoms with van der Waals surface area (Å²) in [5.41, 5.74) is 1.62. The standard InChI is InChI=1S/C21H22ClNO6/c1-14-10-16(22)8-9-18(14)28-13-20(25)29-12-19(24)23-17(21(26)27-2)11-15-6-4-3-5-7-15/h3-10,17H,11-13H2,1-2H3,(H,23,24)/t17-/m1/s1. The number of amides is 1. The van der Waals surface area contributed by atoms with Crippen LogP contribution < -0.4 is 10.1 Å². The van der Waals surface area contributed by atoms with Crippen molar-refractivity contribution >= 4 is 29.4 Å². The zero-order valence-corrected chi connectivity index (χ0v) is 16.9. The summed E-state index contributed by atoms with van der Waals surface area (Å²) in [5, 5.41) is 3.07. The predicted molar refractivity (Wildman–Crippen MR) is 107 cm³/mol. The minimum atomic E-state index is -0.887. The van der Waals surface area contributed by atoms with Gasteiger partial charge >= 0.3 is 11.9 Å². The molecule has 7 nitrogen and oxygen atoms in total. The lowest BCUT2D eigenvalue weighted by Crippen LogP contribution is -2.44. The van der Waals surface area contributed by atoms with Crippen molar-refractivity contribution in [1.29, 1.82) is 0 Å². The Morgan fingerprint density at radius 3 is 2.45 bits per heavy atom. The van der Waals surface area contributed by atoms with Crippen LogP contribution in [0.1, 0.15) is 11.1 Å². The van der Waals surface area contributed by atoms with E-state index in [1.165, 1.54) is 7.11 Å².